The van der Waals surface area contributed by atoms with Crippen LogP contribution in [0.25, 0.3) is 0 Å². The fourth-order valence-electron chi connectivity index (χ4n) is 0.500. The molecule has 0 saturated carbocycles. The molecule has 0 heterocycles. The fraction of sp³-hybridized carbons (Fsp3) is 1.00. The molecule has 0 unspecified atom stereocenters. The summed E-state index contributed by atoms with van der Waals surface area (Å²) in [6.45, 7) is 4.46. The molecule has 3 nitrogen and oxygen atoms in total. The van der Waals surface area contributed by atoms with Crippen LogP contribution in [0, 0.1) is 0 Å². The van der Waals surface area contributed by atoms with E-state index in [2.05, 4.69) is 13.8 Å². The molecule has 2 N–H and O–H groups in total. The molecule has 0 aliphatic heterocycles. The van der Waals surface area contributed by atoms with Crippen molar-refractivity contribution in [2.24, 2.45) is 0 Å². The summed E-state index contributed by atoms with van der Waals surface area (Å²) in [7, 11) is 0. The maximum absolute atomic E-state index is 8.67. The topological polar surface area (TPSA) is 57.5 Å². The average molecular weight is 192 g/mol. The third-order valence-corrected chi connectivity index (χ3v) is 0.957. The van der Waals surface area contributed by atoms with E-state index in [0.717, 1.165) is 0 Å². The molecule has 0 bridgehead atoms. The Bertz CT molecular complexity index is 72.2. The van der Waals surface area contributed by atoms with Gasteiger partial charge in [-0.05, 0) is 0 Å². The van der Waals surface area contributed by atoms with Gasteiger partial charge in [-0.25, -0.2) is 0 Å². The van der Waals surface area contributed by atoms with E-state index in [9.17, 15) is 0 Å². The Morgan fingerprint density at radius 3 is 1.36 bits per heavy atom. The SMILES string of the molecule is CCCCCC.O=S(O)O.[NaH]. The van der Waals surface area contributed by atoms with Crippen LogP contribution in [0.15, 0.2) is 0 Å². The zero-order valence-electron chi connectivity index (χ0n) is 6.54. The quantitative estimate of drug-likeness (QED) is 0.406. The van der Waals surface area contributed by atoms with E-state index in [1.807, 2.05) is 0 Å². The van der Waals surface area contributed by atoms with Gasteiger partial charge in [0, 0.05) is 0 Å². The summed E-state index contributed by atoms with van der Waals surface area (Å²) in [5.41, 5.74) is 0. The Kier molecular flexibility index (Phi) is 28.2. The van der Waals surface area contributed by atoms with Crippen LogP contribution in [-0.4, -0.2) is 42.9 Å². The number of unbranched alkanes of at least 4 members (excludes halogenated alkanes) is 3. The molecule has 0 saturated heterocycles. The van der Waals surface area contributed by atoms with Crippen molar-refractivity contribution < 1.29 is 13.3 Å². The summed E-state index contributed by atoms with van der Waals surface area (Å²) in [6.07, 6.45) is 5.54. The minimum absolute atomic E-state index is 0. The Hall–Kier alpha value is 1.07. The summed E-state index contributed by atoms with van der Waals surface area (Å²) in [5.74, 6) is 0. The van der Waals surface area contributed by atoms with E-state index < -0.39 is 11.4 Å². The van der Waals surface area contributed by atoms with Crippen LogP contribution in [0.2, 0.25) is 0 Å². The molecule has 0 rings (SSSR count). The first-order chi connectivity index (χ1) is 4.65. The van der Waals surface area contributed by atoms with Gasteiger partial charge in [0.2, 0.25) is 0 Å². The fourth-order valence-corrected chi connectivity index (χ4v) is 0.500. The molecule has 0 aliphatic rings. The second-order valence-corrected chi connectivity index (χ2v) is 2.40. The predicted molar refractivity (Wildman–Crippen MR) is 50.4 cm³/mol. The van der Waals surface area contributed by atoms with Gasteiger partial charge in [-0.1, -0.05) is 39.5 Å². The Labute approximate surface area is 93.4 Å². The Morgan fingerprint density at radius 1 is 1.09 bits per heavy atom. The van der Waals surface area contributed by atoms with Gasteiger partial charge in [-0.15, -0.1) is 0 Å². The Balaban J connectivity index is -0.000000114. The van der Waals surface area contributed by atoms with Gasteiger partial charge in [-0.3, -0.25) is 9.11 Å². The molecule has 0 aliphatic carbocycles. The average Bonchev–Trinajstić information content (AvgIpc) is 1.82. The van der Waals surface area contributed by atoms with Crippen LogP contribution < -0.4 is 0 Å². The van der Waals surface area contributed by atoms with Crippen molar-refractivity contribution in [3.05, 3.63) is 0 Å². The first kappa shape index (κ1) is 18.0. The van der Waals surface area contributed by atoms with Crippen LogP contribution in [0.3, 0.4) is 0 Å². The molecular formula is C6H17NaO3S. The first-order valence-corrected chi connectivity index (χ1v) is 4.51. The molecular weight excluding hydrogens is 175 g/mol. The van der Waals surface area contributed by atoms with Gasteiger partial charge < -0.3 is 0 Å². The van der Waals surface area contributed by atoms with E-state index in [4.69, 9.17) is 13.3 Å². The van der Waals surface area contributed by atoms with Gasteiger partial charge >= 0.3 is 29.6 Å². The predicted octanol–water partition coefficient (Wildman–Crippen LogP) is 1.62. The van der Waals surface area contributed by atoms with Crippen molar-refractivity contribution in [1.29, 1.82) is 0 Å². The molecule has 0 spiro atoms. The summed E-state index contributed by atoms with van der Waals surface area (Å²) in [4.78, 5) is 0. The number of rotatable bonds is 3. The Morgan fingerprint density at radius 2 is 1.27 bits per heavy atom. The van der Waals surface area contributed by atoms with Crippen molar-refractivity contribution in [3.8, 4) is 0 Å². The van der Waals surface area contributed by atoms with E-state index in [-0.39, 0.29) is 29.6 Å². The van der Waals surface area contributed by atoms with Crippen molar-refractivity contribution in [3.63, 3.8) is 0 Å². The molecule has 0 aromatic heterocycles. The van der Waals surface area contributed by atoms with Gasteiger partial charge in [0.25, 0.3) is 11.4 Å². The van der Waals surface area contributed by atoms with E-state index in [0.29, 0.717) is 0 Å². The maximum atomic E-state index is 8.67. The third kappa shape index (κ3) is 55.0. The van der Waals surface area contributed by atoms with Crippen molar-refractivity contribution in [2.75, 3.05) is 0 Å². The van der Waals surface area contributed by atoms with Crippen LogP contribution in [0.5, 0.6) is 0 Å². The van der Waals surface area contributed by atoms with Crippen molar-refractivity contribution in [2.45, 2.75) is 39.5 Å². The summed E-state index contributed by atoms with van der Waals surface area (Å²) in [6, 6.07) is 0. The molecule has 0 aromatic carbocycles. The summed E-state index contributed by atoms with van der Waals surface area (Å²) >= 11 is -2.61. The monoisotopic (exact) mass is 192 g/mol. The van der Waals surface area contributed by atoms with Crippen LogP contribution in [0.1, 0.15) is 39.5 Å². The van der Waals surface area contributed by atoms with Crippen LogP contribution in [-0.2, 0) is 11.4 Å². The third-order valence-electron chi connectivity index (χ3n) is 0.957. The first-order valence-electron chi connectivity index (χ1n) is 3.45. The van der Waals surface area contributed by atoms with Gasteiger partial charge in [-0.2, -0.15) is 4.21 Å². The van der Waals surface area contributed by atoms with Crippen molar-refractivity contribution >= 4 is 40.9 Å². The van der Waals surface area contributed by atoms with E-state index in [1.165, 1.54) is 25.7 Å². The molecule has 0 amide bonds. The zero-order chi connectivity index (χ0) is 8.41. The molecule has 5 heteroatoms. The second kappa shape index (κ2) is 17.2. The number of hydrogen-bond donors (Lipinski definition) is 2. The second-order valence-electron chi connectivity index (χ2n) is 1.94. The summed E-state index contributed by atoms with van der Waals surface area (Å²) < 4.78 is 22.8. The molecule has 0 atom stereocenters. The van der Waals surface area contributed by atoms with Gasteiger partial charge in [0.05, 0.1) is 0 Å². The zero-order valence-corrected chi connectivity index (χ0v) is 7.36. The molecule has 0 aromatic rings. The van der Waals surface area contributed by atoms with Gasteiger partial charge in [0.1, 0.15) is 0 Å². The van der Waals surface area contributed by atoms with E-state index >= 15 is 0 Å². The summed E-state index contributed by atoms with van der Waals surface area (Å²) in [5, 5.41) is 0. The number of hydrogen-bond acceptors (Lipinski definition) is 1. The minimum atomic E-state index is -2.61. The van der Waals surface area contributed by atoms with E-state index in [1.54, 1.807) is 0 Å². The van der Waals surface area contributed by atoms with Crippen molar-refractivity contribution in [1.82, 2.24) is 0 Å². The molecule has 66 valence electrons. The van der Waals surface area contributed by atoms with Gasteiger partial charge in [0.15, 0.2) is 0 Å². The molecule has 0 radical (unpaired) electrons. The van der Waals surface area contributed by atoms with Crippen LogP contribution in [0.4, 0.5) is 0 Å². The standard InChI is InChI=1S/C6H14.Na.H2O3S.H/c1-3-5-6-4-2;;1-4(2)3;/h3-6H2,1-2H3;;(H2,1,2,3);. The molecule has 11 heavy (non-hydrogen) atoms. The molecule has 0 fully saturated rings. The van der Waals surface area contributed by atoms with Crippen LogP contribution >= 0.6 is 0 Å². The normalized spacial score (nSPS) is 8.09.